The minimum atomic E-state index is 0.653. The van der Waals surface area contributed by atoms with Crippen molar-refractivity contribution in [3.8, 4) is 0 Å². The summed E-state index contributed by atoms with van der Waals surface area (Å²) in [4.78, 5) is 0. The lowest BCUT2D eigenvalue weighted by molar-refractivity contribution is 0.586. The van der Waals surface area contributed by atoms with Gasteiger partial charge in [0.15, 0.2) is 0 Å². The van der Waals surface area contributed by atoms with Gasteiger partial charge in [-0.3, -0.25) is 0 Å². The van der Waals surface area contributed by atoms with E-state index in [0.29, 0.717) is 5.92 Å². The summed E-state index contributed by atoms with van der Waals surface area (Å²) in [6.07, 6.45) is 4.76. The maximum absolute atomic E-state index is 3.57. The van der Waals surface area contributed by atoms with Crippen molar-refractivity contribution >= 4 is 5.69 Å². The molecule has 0 bridgehead atoms. The molecule has 0 saturated carbocycles. The van der Waals surface area contributed by atoms with E-state index in [0.717, 1.165) is 13.0 Å². The minimum absolute atomic E-state index is 0.653. The van der Waals surface area contributed by atoms with Gasteiger partial charge in [0.25, 0.3) is 0 Å². The molecule has 2 aromatic carbocycles. The van der Waals surface area contributed by atoms with Crippen LogP contribution in [0.4, 0.5) is 5.69 Å². The lowest BCUT2D eigenvalue weighted by atomic mass is 9.79. The third-order valence-corrected chi connectivity index (χ3v) is 4.68. The average molecular weight is 309 g/mol. The molecular weight excluding hydrogens is 278 g/mol. The van der Waals surface area contributed by atoms with Gasteiger partial charge in [-0.05, 0) is 66.8 Å². The predicted octanol–water partition coefficient (Wildman–Crippen LogP) is 5.98. The molecule has 1 aliphatic rings. The third kappa shape index (κ3) is 4.16. The summed E-state index contributed by atoms with van der Waals surface area (Å²) in [5.41, 5.74) is 7.36. The largest absolute Gasteiger partial charge is 0.385 e. The molecule has 0 saturated heterocycles. The number of anilines is 1. The maximum Gasteiger partial charge on any atom is 0.0378 e. The van der Waals surface area contributed by atoms with E-state index in [2.05, 4.69) is 61.6 Å². The van der Waals surface area contributed by atoms with Gasteiger partial charge in [0, 0.05) is 12.2 Å². The molecule has 124 valence electrons. The van der Waals surface area contributed by atoms with Gasteiger partial charge in [0.1, 0.15) is 0 Å². The lowest BCUT2D eigenvalue weighted by Gasteiger charge is -2.27. The fraction of sp³-hybridized carbons (Fsp3) is 0.455. The monoisotopic (exact) mass is 309 g/mol. The number of hydrogen-bond acceptors (Lipinski definition) is 1. The number of benzene rings is 2. The topological polar surface area (TPSA) is 12.0 Å². The Morgan fingerprint density at radius 3 is 2.43 bits per heavy atom. The van der Waals surface area contributed by atoms with Gasteiger partial charge in [-0.15, -0.1) is 0 Å². The summed E-state index contributed by atoms with van der Waals surface area (Å²) in [5.74, 6) is 0.653. The van der Waals surface area contributed by atoms with Crippen molar-refractivity contribution in [3.63, 3.8) is 0 Å². The lowest BCUT2D eigenvalue weighted by Crippen LogP contribution is -2.14. The molecule has 1 unspecified atom stereocenters. The SMILES string of the molecule is CC.CCNc1cc(CC)ccc1C1CCc2ccccc2C1. The van der Waals surface area contributed by atoms with Crippen LogP contribution < -0.4 is 5.32 Å². The molecule has 0 aliphatic heterocycles. The van der Waals surface area contributed by atoms with Crippen LogP contribution in [0.15, 0.2) is 42.5 Å². The highest BCUT2D eigenvalue weighted by Crippen LogP contribution is 2.36. The van der Waals surface area contributed by atoms with Crippen LogP contribution in [0, 0.1) is 0 Å². The zero-order valence-electron chi connectivity index (χ0n) is 15.2. The van der Waals surface area contributed by atoms with Crippen LogP contribution in [0.5, 0.6) is 0 Å². The van der Waals surface area contributed by atoms with Gasteiger partial charge >= 0.3 is 0 Å². The first-order valence-electron chi connectivity index (χ1n) is 9.25. The molecule has 0 spiro atoms. The second-order valence-corrected chi connectivity index (χ2v) is 6.01. The summed E-state index contributed by atoms with van der Waals surface area (Å²) in [6.45, 7) is 9.39. The fourth-order valence-electron chi connectivity index (χ4n) is 3.49. The van der Waals surface area contributed by atoms with Gasteiger partial charge in [0.2, 0.25) is 0 Å². The highest BCUT2D eigenvalue weighted by atomic mass is 14.9. The molecule has 0 amide bonds. The fourth-order valence-corrected chi connectivity index (χ4v) is 3.49. The van der Waals surface area contributed by atoms with Crippen molar-refractivity contribution in [1.29, 1.82) is 0 Å². The van der Waals surface area contributed by atoms with E-state index < -0.39 is 0 Å². The number of nitrogens with one attached hydrogen (secondary N) is 1. The summed E-state index contributed by atoms with van der Waals surface area (Å²) in [5, 5.41) is 3.57. The van der Waals surface area contributed by atoms with E-state index in [1.807, 2.05) is 13.8 Å². The molecule has 1 atom stereocenters. The maximum atomic E-state index is 3.57. The number of fused-ring (bicyclic) bond motifs is 1. The standard InChI is InChI=1S/C20H25N.C2H6/c1-3-15-9-12-19(20(13-15)21-4-2)18-11-10-16-7-5-6-8-17(16)14-18;1-2/h5-9,12-13,18,21H,3-4,10-11,14H2,1-2H3;1-2H3. The predicted molar refractivity (Wildman–Crippen MR) is 103 cm³/mol. The summed E-state index contributed by atoms with van der Waals surface area (Å²) >= 11 is 0. The summed E-state index contributed by atoms with van der Waals surface area (Å²) < 4.78 is 0. The van der Waals surface area contributed by atoms with Crippen LogP contribution in [-0.2, 0) is 19.3 Å². The molecule has 1 aliphatic carbocycles. The Morgan fingerprint density at radius 2 is 1.74 bits per heavy atom. The van der Waals surface area contributed by atoms with Crippen LogP contribution in [-0.4, -0.2) is 6.54 Å². The highest BCUT2D eigenvalue weighted by molar-refractivity contribution is 5.56. The molecule has 0 radical (unpaired) electrons. The van der Waals surface area contributed by atoms with E-state index in [4.69, 9.17) is 0 Å². The summed E-state index contributed by atoms with van der Waals surface area (Å²) in [7, 11) is 0. The first kappa shape index (κ1) is 17.6. The van der Waals surface area contributed by atoms with Crippen molar-refractivity contribution < 1.29 is 0 Å². The Bertz CT molecular complexity index is 615. The molecule has 0 fully saturated rings. The average Bonchev–Trinajstić information content (AvgIpc) is 2.63. The number of rotatable bonds is 4. The first-order chi connectivity index (χ1) is 11.3. The van der Waals surface area contributed by atoms with E-state index in [9.17, 15) is 0 Å². The smallest absolute Gasteiger partial charge is 0.0378 e. The van der Waals surface area contributed by atoms with Crippen LogP contribution in [0.3, 0.4) is 0 Å². The molecule has 23 heavy (non-hydrogen) atoms. The van der Waals surface area contributed by atoms with E-state index in [1.165, 1.54) is 41.6 Å². The normalized spacial score (nSPS) is 16.1. The Kier molecular flexibility index (Phi) is 6.70. The van der Waals surface area contributed by atoms with Crippen molar-refractivity contribution in [2.24, 2.45) is 0 Å². The van der Waals surface area contributed by atoms with E-state index in [-0.39, 0.29) is 0 Å². The third-order valence-electron chi connectivity index (χ3n) is 4.68. The van der Waals surface area contributed by atoms with Gasteiger partial charge < -0.3 is 5.32 Å². The van der Waals surface area contributed by atoms with Gasteiger partial charge in [0.05, 0.1) is 0 Å². The highest BCUT2D eigenvalue weighted by Gasteiger charge is 2.21. The number of hydrogen-bond donors (Lipinski definition) is 1. The van der Waals surface area contributed by atoms with Gasteiger partial charge in [-0.1, -0.05) is 57.2 Å². The molecule has 0 aromatic heterocycles. The minimum Gasteiger partial charge on any atom is -0.385 e. The van der Waals surface area contributed by atoms with Gasteiger partial charge in [-0.2, -0.15) is 0 Å². The Labute approximate surface area is 142 Å². The molecular formula is C22H31N. The van der Waals surface area contributed by atoms with Crippen LogP contribution >= 0.6 is 0 Å². The summed E-state index contributed by atoms with van der Waals surface area (Å²) in [6, 6.07) is 15.9. The molecule has 3 rings (SSSR count). The van der Waals surface area contributed by atoms with Crippen molar-refractivity contribution in [2.45, 2.75) is 59.3 Å². The van der Waals surface area contributed by atoms with E-state index >= 15 is 0 Å². The Balaban J connectivity index is 0.000000924. The Morgan fingerprint density at radius 1 is 1.00 bits per heavy atom. The molecule has 1 nitrogen and oxygen atoms in total. The number of aryl methyl sites for hydroxylation is 2. The second-order valence-electron chi connectivity index (χ2n) is 6.01. The van der Waals surface area contributed by atoms with Crippen LogP contribution in [0.25, 0.3) is 0 Å². The zero-order chi connectivity index (χ0) is 16.7. The van der Waals surface area contributed by atoms with Crippen molar-refractivity contribution in [2.75, 3.05) is 11.9 Å². The molecule has 0 heterocycles. The molecule has 1 heteroatoms. The van der Waals surface area contributed by atoms with Gasteiger partial charge in [-0.25, -0.2) is 0 Å². The van der Waals surface area contributed by atoms with E-state index in [1.54, 1.807) is 5.56 Å². The van der Waals surface area contributed by atoms with Crippen molar-refractivity contribution in [3.05, 3.63) is 64.7 Å². The molecule has 1 N–H and O–H groups in total. The van der Waals surface area contributed by atoms with Crippen LogP contribution in [0.1, 0.15) is 62.3 Å². The van der Waals surface area contributed by atoms with Crippen LogP contribution in [0.2, 0.25) is 0 Å². The molecule has 2 aromatic rings. The zero-order valence-corrected chi connectivity index (χ0v) is 15.2. The second kappa shape index (κ2) is 8.76. The Hall–Kier alpha value is -1.76. The van der Waals surface area contributed by atoms with Crippen molar-refractivity contribution in [1.82, 2.24) is 0 Å². The quantitative estimate of drug-likeness (QED) is 0.732. The first-order valence-corrected chi connectivity index (χ1v) is 9.25.